The monoisotopic (exact) mass is 453 g/mol. The number of aromatic hydroxyl groups is 1. The minimum atomic E-state index is -1.09. The molecule has 3 amide bonds. The van der Waals surface area contributed by atoms with Crippen LogP contribution in [0.4, 0.5) is 4.79 Å². The minimum absolute atomic E-state index is 0.00373. The molecule has 1 aromatic carbocycles. The molecule has 0 fully saturated rings. The van der Waals surface area contributed by atoms with Crippen molar-refractivity contribution in [2.45, 2.75) is 71.2 Å². The number of carbonyl (C=O) groups is 3. The lowest BCUT2D eigenvalue weighted by Gasteiger charge is -2.32. The Morgan fingerprint density at radius 2 is 1.81 bits per heavy atom. The van der Waals surface area contributed by atoms with Gasteiger partial charge in [0.1, 0.15) is 23.4 Å². The number of thiol groups is 1. The second-order valence-electron chi connectivity index (χ2n) is 8.49. The lowest BCUT2D eigenvalue weighted by Crippen LogP contribution is -2.53. The summed E-state index contributed by atoms with van der Waals surface area (Å²) in [7, 11) is 1.46. The number of benzene rings is 1. The van der Waals surface area contributed by atoms with Crippen molar-refractivity contribution < 1.29 is 24.2 Å². The second kappa shape index (κ2) is 11.8. The van der Waals surface area contributed by atoms with Gasteiger partial charge in [-0.05, 0) is 40.2 Å². The number of ether oxygens (including phenoxy) is 1. The third-order valence-electron chi connectivity index (χ3n) is 4.50. The number of nitrogens with one attached hydrogen (secondary N) is 2. The van der Waals surface area contributed by atoms with Crippen LogP contribution in [0.25, 0.3) is 0 Å². The molecule has 0 bridgehead atoms. The highest BCUT2D eigenvalue weighted by Gasteiger charge is 2.35. The largest absolute Gasteiger partial charge is 0.508 e. The number of hydrogen-bond acceptors (Lipinski definition) is 6. The fraction of sp³-hybridized carbons (Fsp3) is 0.591. The number of phenolic OH excluding ortho intramolecular Hbond substituents is 1. The summed E-state index contributed by atoms with van der Waals surface area (Å²) in [5.74, 6) is -1.06. The molecular formula is C22H35N3O5S. The Balaban J connectivity index is 3.16. The standard InChI is InChI=1S/C22H35N3O5S/c1-7-10-14(2)23-19(27)18(15-11-8-9-12-17(15)26)25(6)20(28)16(13-31)24-21(29)30-22(3,4)5/h8-9,11-12,14,16,18,26,31H,7,10,13H2,1-6H3,(H,23,27)(H,24,29). The fourth-order valence-electron chi connectivity index (χ4n) is 3.08. The van der Waals surface area contributed by atoms with E-state index < -0.39 is 35.6 Å². The van der Waals surface area contributed by atoms with Gasteiger partial charge in [0.05, 0.1) is 0 Å². The van der Waals surface area contributed by atoms with E-state index in [9.17, 15) is 19.5 Å². The van der Waals surface area contributed by atoms with Gasteiger partial charge in [-0.25, -0.2) is 4.79 Å². The Bertz CT molecular complexity index is 766. The van der Waals surface area contributed by atoms with Crippen LogP contribution >= 0.6 is 12.6 Å². The highest BCUT2D eigenvalue weighted by atomic mass is 32.1. The molecule has 0 aliphatic carbocycles. The van der Waals surface area contributed by atoms with Gasteiger partial charge in [0.25, 0.3) is 0 Å². The van der Waals surface area contributed by atoms with Gasteiger partial charge in [0.2, 0.25) is 11.8 Å². The Hall–Kier alpha value is -2.42. The predicted molar refractivity (Wildman–Crippen MR) is 123 cm³/mol. The molecule has 8 nitrogen and oxygen atoms in total. The summed E-state index contributed by atoms with van der Waals surface area (Å²) in [4.78, 5) is 39.6. The lowest BCUT2D eigenvalue weighted by molar-refractivity contribution is -0.140. The van der Waals surface area contributed by atoms with E-state index in [-0.39, 0.29) is 23.1 Å². The lowest BCUT2D eigenvalue weighted by atomic mass is 10.0. The molecule has 31 heavy (non-hydrogen) atoms. The number of para-hydroxylation sites is 1. The minimum Gasteiger partial charge on any atom is -0.508 e. The average Bonchev–Trinajstić information content (AvgIpc) is 2.65. The van der Waals surface area contributed by atoms with Crippen LogP contribution in [0.15, 0.2) is 24.3 Å². The van der Waals surface area contributed by atoms with E-state index in [0.29, 0.717) is 0 Å². The molecular weight excluding hydrogens is 418 g/mol. The smallest absolute Gasteiger partial charge is 0.408 e. The summed E-state index contributed by atoms with van der Waals surface area (Å²) < 4.78 is 5.22. The SMILES string of the molecule is CCCC(C)NC(=O)C(c1ccccc1O)N(C)C(=O)C(CS)NC(=O)OC(C)(C)C. The normalized spacial score (nSPS) is 14.2. The Kier molecular flexibility index (Phi) is 10.2. The van der Waals surface area contributed by atoms with E-state index in [1.807, 2.05) is 13.8 Å². The first-order valence-electron chi connectivity index (χ1n) is 10.4. The third-order valence-corrected chi connectivity index (χ3v) is 4.86. The molecule has 0 aliphatic heterocycles. The van der Waals surface area contributed by atoms with Crippen molar-refractivity contribution in [2.24, 2.45) is 0 Å². The average molecular weight is 454 g/mol. The Labute approximate surface area is 190 Å². The summed E-state index contributed by atoms with van der Waals surface area (Å²) in [6.07, 6.45) is 0.906. The number of hydrogen-bond donors (Lipinski definition) is 4. The van der Waals surface area contributed by atoms with Crippen molar-refractivity contribution >= 4 is 30.5 Å². The summed E-state index contributed by atoms with van der Waals surface area (Å²) in [6.45, 7) is 9.04. The van der Waals surface area contributed by atoms with Crippen molar-refractivity contribution in [3.05, 3.63) is 29.8 Å². The molecule has 9 heteroatoms. The number of likely N-dealkylation sites (N-methyl/N-ethyl adjacent to an activating group) is 1. The molecule has 0 heterocycles. The first kappa shape index (κ1) is 26.6. The number of phenols is 1. The molecule has 3 atom stereocenters. The van der Waals surface area contributed by atoms with E-state index in [1.54, 1.807) is 39.0 Å². The molecule has 1 aromatic rings. The first-order valence-corrected chi connectivity index (χ1v) is 11.0. The Morgan fingerprint density at radius 3 is 2.32 bits per heavy atom. The van der Waals surface area contributed by atoms with Crippen LogP contribution < -0.4 is 10.6 Å². The van der Waals surface area contributed by atoms with Gasteiger partial charge in [-0.3, -0.25) is 9.59 Å². The summed E-state index contributed by atoms with van der Waals surface area (Å²) in [5.41, 5.74) is -0.442. The molecule has 0 aliphatic rings. The van der Waals surface area contributed by atoms with Crippen molar-refractivity contribution in [1.29, 1.82) is 0 Å². The van der Waals surface area contributed by atoms with Crippen LogP contribution in [0.1, 0.15) is 59.1 Å². The van der Waals surface area contributed by atoms with Gasteiger partial charge < -0.3 is 25.4 Å². The highest BCUT2D eigenvalue weighted by Crippen LogP contribution is 2.29. The first-order chi connectivity index (χ1) is 14.4. The van der Waals surface area contributed by atoms with Crippen molar-refractivity contribution in [3.63, 3.8) is 0 Å². The maximum absolute atomic E-state index is 13.2. The van der Waals surface area contributed by atoms with E-state index in [1.165, 1.54) is 18.0 Å². The van der Waals surface area contributed by atoms with Gasteiger partial charge in [0.15, 0.2) is 0 Å². The summed E-state index contributed by atoms with van der Waals surface area (Å²) >= 11 is 4.18. The van der Waals surface area contributed by atoms with Crippen molar-refractivity contribution in [1.82, 2.24) is 15.5 Å². The fourth-order valence-corrected chi connectivity index (χ4v) is 3.33. The van der Waals surface area contributed by atoms with Crippen LogP contribution in [-0.2, 0) is 14.3 Å². The highest BCUT2D eigenvalue weighted by molar-refractivity contribution is 7.80. The van der Waals surface area contributed by atoms with Gasteiger partial charge in [-0.1, -0.05) is 31.5 Å². The van der Waals surface area contributed by atoms with Crippen LogP contribution in [0.2, 0.25) is 0 Å². The van der Waals surface area contributed by atoms with Gasteiger partial charge in [0, 0.05) is 24.4 Å². The third kappa shape index (κ3) is 8.32. The van der Waals surface area contributed by atoms with Crippen LogP contribution in [0.5, 0.6) is 5.75 Å². The summed E-state index contributed by atoms with van der Waals surface area (Å²) in [6, 6.07) is 4.15. The maximum atomic E-state index is 13.2. The molecule has 0 aromatic heterocycles. The zero-order chi connectivity index (χ0) is 23.8. The molecule has 1 rings (SSSR count). The predicted octanol–water partition coefficient (Wildman–Crippen LogP) is 3.02. The van der Waals surface area contributed by atoms with Crippen LogP contribution in [0.3, 0.4) is 0 Å². The second-order valence-corrected chi connectivity index (χ2v) is 8.86. The van der Waals surface area contributed by atoms with E-state index in [0.717, 1.165) is 12.8 Å². The maximum Gasteiger partial charge on any atom is 0.408 e. The molecule has 3 unspecified atom stereocenters. The Morgan fingerprint density at radius 1 is 1.19 bits per heavy atom. The van der Waals surface area contributed by atoms with Gasteiger partial charge >= 0.3 is 6.09 Å². The van der Waals surface area contributed by atoms with Gasteiger partial charge in [-0.2, -0.15) is 12.6 Å². The van der Waals surface area contributed by atoms with Crippen molar-refractivity contribution in [3.8, 4) is 5.75 Å². The van der Waals surface area contributed by atoms with Crippen molar-refractivity contribution in [2.75, 3.05) is 12.8 Å². The molecule has 0 saturated heterocycles. The molecule has 0 saturated carbocycles. The quantitative estimate of drug-likeness (QED) is 0.430. The topological polar surface area (TPSA) is 108 Å². The number of alkyl carbamates (subject to hydrolysis) is 1. The molecule has 0 spiro atoms. The van der Waals surface area contributed by atoms with Gasteiger partial charge in [-0.15, -0.1) is 0 Å². The summed E-state index contributed by atoms with van der Waals surface area (Å²) in [5, 5.41) is 15.7. The van der Waals surface area contributed by atoms with Crippen LogP contribution in [-0.4, -0.2) is 58.4 Å². The molecule has 3 N–H and O–H groups in total. The number of carbonyl (C=O) groups excluding carboxylic acids is 3. The molecule has 174 valence electrons. The van der Waals surface area contributed by atoms with E-state index in [2.05, 4.69) is 23.3 Å². The number of rotatable bonds is 9. The van der Waals surface area contributed by atoms with E-state index >= 15 is 0 Å². The van der Waals surface area contributed by atoms with Crippen LogP contribution in [0, 0.1) is 0 Å². The zero-order valence-electron chi connectivity index (χ0n) is 19.1. The molecule has 0 radical (unpaired) electrons. The zero-order valence-corrected chi connectivity index (χ0v) is 20.0. The number of nitrogens with zero attached hydrogens (tertiary/aromatic N) is 1. The number of amides is 3. The van der Waals surface area contributed by atoms with E-state index in [4.69, 9.17) is 4.74 Å².